The molecular weight excluding hydrogens is 334 g/mol. The number of rotatable bonds is 6. The summed E-state index contributed by atoms with van der Waals surface area (Å²) in [6, 6.07) is 13.7. The van der Waals surface area contributed by atoms with E-state index in [2.05, 4.69) is 0 Å². The average Bonchev–Trinajstić information content (AvgIpc) is 3.01. The predicted octanol–water partition coefficient (Wildman–Crippen LogP) is 1.66. The minimum atomic E-state index is -0.466. The molecule has 1 atom stereocenters. The highest BCUT2D eigenvalue weighted by Gasteiger charge is 2.33. The lowest BCUT2D eigenvalue weighted by atomic mass is 10.1. The lowest BCUT2D eigenvalue weighted by Crippen LogP contribution is -2.27. The second-order valence-corrected chi connectivity index (χ2v) is 5.83. The largest absolute Gasteiger partial charge is 0.490 e. The Morgan fingerprint density at radius 2 is 1.81 bits per heavy atom. The Morgan fingerprint density at radius 3 is 2.46 bits per heavy atom. The molecule has 2 aromatic rings. The smallest absolute Gasteiger partial charge is 0.414 e. The standard InChI is InChI=1S/C18H19N5O3/c19-16(20)11-4-6-14(7-5-11)25-10-15-9-23(18(24)26-15)13-3-1-2-12(8-13)17(21)22/h1-8,15H,9-10H2,(H3,19,20)(H3,21,22). The fourth-order valence-electron chi connectivity index (χ4n) is 2.58. The molecule has 6 N–H and O–H groups in total. The molecule has 0 aromatic heterocycles. The van der Waals surface area contributed by atoms with Gasteiger partial charge in [-0.1, -0.05) is 12.1 Å². The molecule has 8 heteroatoms. The van der Waals surface area contributed by atoms with Crippen molar-refractivity contribution in [2.75, 3.05) is 18.1 Å². The van der Waals surface area contributed by atoms with E-state index in [9.17, 15) is 4.79 Å². The van der Waals surface area contributed by atoms with E-state index in [1.165, 1.54) is 4.90 Å². The van der Waals surface area contributed by atoms with Crippen molar-refractivity contribution in [1.82, 2.24) is 0 Å². The van der Waals surface area contributed by atoms with Gasteiger partial charge < -0.3 is 20.9 Å². The number of benzene rings is 2. The van der Waals surface area contributed by atoms with Crippen LogP contribution in [0.4, 0.5) is 10.5 Å². The third-order valence-corrected chi connectivity index (χ3v) is 3.94. The van der Waals surface area contributed by atoms with Gasteiger partial charge in [-0.05, 0) is 36.4 Å². The summed E-state index contributed by atoms with van der Waals surface area (Å²) in [6.07, 6.45) is -0.887. The van der Waals surface area contributed by atoms with Crippen molar-refractivity contribution in [3.05, 3.63) is 59.7 Å². The van der Waals surface area contributed by atoms with Gasteiger partial charge in [0.05, 0.1) is 6.54 Å². The van der Waals surface area contributed by atoms with Gasteiger partial charge >= 0.3 is 6.09 Å². The number of amidine groups is 2. The number of hydrogen-bond acceptors (Lipinski definition) is 5. The first-order valence-electron chi connectivity index (χ1n) is 7.94. The first-order valence-corrected chi connectivity index (χ1v) is 7.94. The predicted molar refractivity (Wildman–Crippen MR) is 98.0 cm³/mol. The Bertz CT molecular complexity index is 850. The molecule has 26 heavy (non-hydrogen) atoms. The van der Waals surface area contributed by atoms with Gasteiger partial charge in [-0.3, -0.25) is 15.7 Å². The monoisotopic (exact) mass is 353 g/mol. The number of carbonyl (C=O) groups excluding carboxylic acids is 1. The molecule has 3 rings (SSSR count). The minimum Gasteiger partial charge on any atom is -0.490 e. The molecule has 0 spiro atoms. The highest BCUT2D eigenvalue weighted by atomic mass is 16.6. The van der Waals surface area contributed by atoms with Gasteiger partial charge in [0.25, 0.3) is 0 Å². The maximum atomic E-state index is 12.1. The number of nitrogens with zero attached hydrogens (tertiary/aromatic N) is 1. The number of nitrogens with two attached hydrogens (primary N) is 2. The average molecular weight is 353 g/mol. The Labute approximate surface area is 150 Å². The van der Waals surface area contributed by atoms with Gasteiger partial charge in [0, 0.05) is 16.8 Å². The zero-order valence-corrected chi connectivity index (χ0v) is 13.9. The summed E-state index contributed by atoms with van der Waals surface area (Å²) in [4.78, 5) is 13.6. The highest BCUT2D eigenvalue weighted by Crippen LogP contribution is 2.23. The molecule has 0 saturated carbocycles. The Hall–Kier alpha value is -3.55. The molecule has 1 fully saturated rings. The number of carbonyl (C=O) groups is 1. The fourth-order valence-corrected chi connectivity index (χ4v) is 2.58. The Morgan fingerprint density at radius 1 is 1.12 bits per heavy atom. The molecule has 1 amide bonds. The van der Waals surface area contributed by atoms with Crippen LogP contribution in [0.15, 0.2) is 48.5 Å². The van der Waals surface area contributed by atoms with Crippen LogP contribution >= 0.6 is 0 Å². The number of nitrogens with one attached hydrogen (secondary N) is 2. The molecule has 0 radical (unpaired) electrons. The normalized spacial score (nSPS) is 16.2. The summed E-state index contributed by atoms with van der Waals surface area (Å²) < 4.78 is 11.0. The van der Waals surface area contributed by atoms with Crippen LogP contribution in [0.1, 0.15) is 11.1 Å². The zero-order valence-electron chi connectivity index (χ0n) is 13.9. The first kappa shape index (κ1) is 17.3. The number of nitrogen functional groups attached to an aromatic ring is 2. The highest BCUT2D eigenvalue weighted by molar-refractivity contribution is 5.97. The summed E-state index contributed by atoms with van der Waals surface area (Å²) in [5.41, 5.74) is 12.7. The van der Waals surface area contributed by atoms with E-state index < -0.39 is 12.2 Å². The summed E-state index contributed by atoms with van der Waals surface area (Å²) >= 11 is 0. The number of hydrogen-bond donors (Lipinski definition) is 4. The summed E-state index contributed by atoms with van der Waals surface area (Å²) in [5.74, 6) is 0.529. The van der Waals surface area contributed by atoms with Crippen LogP contribution in [-0.4, -0.2) is 37.0 Å². The van der Waals surface area contributed by atoms with Crippen LogP contribution in [0.3, 0.4) is 0 Å². The molecule has 134 valence electrons. The van der Waals surface area contributed by atoms with Gasteiger partial charge in [-0.15, -0.1) is 0 Å². The van der Waals surface area contributed by atoms with Crippen LogP contribution in [0.2, 0.25) is 0 Å². The van der Waals surface area contributed by atoms with Gasteiger partial charge in [0.2, 0.25) is 0 Å². The van der Waals surface area contributed by atoms with Crippen LogP contribution in [0.5, 0.6) is 5.75 Å². The fraction of sp³-hybridized carbons (Fsp3) is 0.167. The maximum Gasteiger partial charge on any atom is 0.414 e. The third-order valence-electron chi connectivity index (χ3n) is 3.94. The zero-order chi connectivity index (χ0) is 18.7. The van der Waals surface area contributed by atoms with E-state index in [0.29, 0.717) is 29.1 Å². The van der Waals surface area contributed by atoms with Crippen molar-refractivity contribution >= 4 is 23.5 Å². The van der Waals surface area contributed by atoms with E-state index in [1.807, 2.05) is 0 Å². The topological polar surface area (TPSA) is 139 Å². The van der Waals surface area contributed by atoms with E-state index in [-0.39, 0.29) is 18.3 Å². The van der Waals surface area contributed by atoms with Crippen LogP contribution in [0.25, 0.3) is 0 Å². The number of cyclic esters (lactones) is 1. The van der Waals surface area contributed by atoms with Crippen molar-refractivity contribution < 1.29 is 14.3 Å². The van der Waals surface area contributed by atoms with Crippen molar-refractivity contribution in [3.63, 3.8) is 0 Å². The van der Waals surface area contributed by atoms with Crippen molar-refractivity contribution in [3.8, 4) is 5.75 Å². The quantitative estimate of drug-likeness (QED) is 0.462. The van der Waals surface area contributed by atoms with Crippen LogP contribution in [-0.2, 0) is 4.74 Å². The van der Waals surface area contributed by atoms with Crippen molar-refractivity contribution in [1.29, 1.82) is 10.8 Å². The van der Waals surface area contributed by atoms with E-state index in [4.69, 9.17) is 31.8 Å². The molecule has 1 aliphatic rings. The number of amides is 1. The van der Waals surface area contributed by atoms with Crippen molar-refractivity contribution in [2.24, 2.45) is 11.5 Å². The molecule has 1 saturated heterocycles. The lowest BCUT2D eigenvalue weighted by molar-refractivity contribution is 0.105. The molecule has 2 aromatic carbocycles. The van der Waals surface area contributed by atoms with Crippen LogP contribution < -0.4 is 21.1 Å². The second-order valence-electron chi connectivity index (χ2n) is 5.83. The van der Waals surface area contributed by atoms with E-state index in [1.54, 1.807) is 48.5 Å². The molecule has 1 unspecified atom stereocenters. The first-order chi connectivity index (χ1) is 12.4. The van der Waals surface area contributed by atoms with E-state index >= 15 is 0 Å². The third kappa shape index (κ3) is 3.75. The van der Waals surface area contributed by atoms with Gasteiger partial charge in [-0.2, -0.15) is 0 Å². The molecular formula is C18H19N5O3. The van der Waals surface area contributed by atoms with Gasteiger partial charge in [0.1, 0.15) is 24.0 Å². The molecule has 0 bridgehead atoms. The molecule has 1 heterocycles. The Kier molecular flexibility index (Phi) is 4.74. The van der Waals surface area contributed by atoms with Gasteiger partial charge in [-0.25, -0.2) is 4.79 Å². The van der Waals surface area contributed by atoms with Crippen molar-refractivity contribution in [2.45, 2.75) is 6.10 Å². The van der Waals surface area contributed by atoms with Crippen LogP contribution in [0, 0.1) is 10.8 Å². The molecule has 8 nitrogen and oxygen atoms in total. The van der Waals surface area contributed by atoms with Gasteiger partial charge in [0.15, 0.2) is 6.10 Å². The minimum absolute atomic E-state index is 0.00953. The lowest BCUT2D eigenvalue weighted by Gasteiger charge is -2.14. The Balaban J connectivity index is 1.62. The summed E-state index contributed by atoms with van der Waals surface area (Å²) in [6.45, 7) is 0.541. The second kappa shape index (κ2) is 7.14. The maximum absolute atomic E-state index is 12.1. The molecule has 1 aliphatic heterocycles. The SMILES string of the molecule is N=C(N)c1ccc(OCC2CN(c3cccc(C(=N)N)c3)C(=O)O2)cc1. The van der Waals surface area contributed by atoms with E-state index in [0.717, 1.165) is 0 Å². The number of anilines is 1. The summed E-state index contributed by atoms with van der Waals surface area (Å²) in [5, 5.41) is 14.9. The molecule has 0 aliphatic carbocycles. The summed E-state index contributed by atoms with van der Waals surface area (Å²) in [7, 11) is 0. The number of ether oxygens (including phenoxy) is 2.